The van der Waals surface area contributed by atoms with Gasteiger partial charge in [-0.05, 0) is 6.42 Å². The zero-order chi connectivity index (χ0) is 8.69. The highest BCUT2D eigenvalue weighted by Gasteiger charge is 1.97. The van der Waals surface area contributed by atoms with E-state index in [1.54, 1.807) is 7.05 Å². The van der Waals surface area contributed by atoms with Crippen molar-refractivity contribution in [3.63, 3.8) is 0 Å². The first-order valence-corrected chi connectivity index (χ1v) is 3.42. The number of rotatable bonds is 4. The Kier molecular flexibility index (Phi) is 4.93. The highest BCUT2D eigenvalue weighted by atomic mass is 15.4. The van der Waals surface area contributed by atoms with Gasteiger partial charge in [0.15, 0.2) is 5.84 Å². The molecule has 5 heteroatoms. The molecule has 0 aliphatic rings. The molecule has 0 aliphatic carbocycles. The average Bonchev–Trinajstić information content (AvgIpc) is 2.03. The highest BCUT2D eigenvalue weighted by Crippen LogP contribution is 1.89. The minimum Gasteiger partial charge on any atom is -0.381 e. The SMILES string of the molecule is CC/C=C(NNC)\C(N)=N/N. The summed E-state index contributed by atoms with van der Waals surface area (Å²) in [5, 5.41) is 3.35. The molecule has 11 heavy (non-hydrogen) atoms. The number of hydrazine groups is 1. The first-order valence-electron chi connectivity index (χ1n) is 3.42. The predicted molar refractivity (Wildman–Crippen MR) is 46.4 cm³/mol. The summed E-state index contributed by atoms with van der Waals surface area (Å²) >= 11 is 0. The molecule has 0 heterocycles. The normalized spacial score (nSPS) is 13.3. The number of nitrogens with one attached hydrogen (secondary N) is 2. The van der Waals surface area contributed by atoms with Crippen molar-refractivity contribution < 1.29 is 0 Å². The van der Waals surface area contributed by atoms with Crippen LogP contribution in [0.25, 0.3) is 0 Å². The van der Waals surface area contributed by atoms with Gasteiger partial charge in [-0.2, -0.15) is 5.10 Å². The molecule has 0 spiro atoms. The molecular formula is C6H15N5. The Bertz CT molecular complexity index is 160. The molecule has 0 rings (SSSR count). The molecule has 64 valence electrons. The Morgan fingerprint density at radius 2 is 2.27 bits per heavy atom. The summed E-state index contributed by atoms with van der Waals surface area (Å²) in [5.74, 6) is 5.28. The fourth-order valence-corrected chi connectivity index (χ4v) is 0.628. The van der Waals surface area contributed by atoms with Gasteiger partial charge in [0.05, 0.1) is 5.70 Å². The molecule has 0 radical (unpaired) electrons. The minimum atomic E-state index is 0.293. The minimum absolute atomic E-state index is 0.293. The lowest BCUT2D eigenvalue weighted by Crippen LogP contribution is -2.34. The van der Waals surface area contributed by atoms with Crippen molar-refractivity contribution in [2.24, 2.45) is 16.7 Å². The molecule has 0 saturated carbocycles. The Labute approximate surface area is 66.5 Å². The maximum Gasteiger partial charge on any atom is 0.167 e. The van der Waals surface area contributed by atoms with E-state index in [9.17, 15) is 0 Å². The maximum absolute atomic E-state index is 5.44. The van der Waals surface area contributed by atoms with Crippen molar-refractivity contribution in [3.8, 4) is 0 Å². The van der Waals surface area contributed by atoms with E-state index in [1.807, 2.05) is 13.0 Å². The van der Waals surface area contributed by atoms with Gasteiger partial charge in [0.1, 0.15) is 0 Å². The first-order chi connectivity index (χ1) is 5.26. The van der Waals surface area contributed by atoms with Crippen LogP contribution in [0.5, 0.6) is 0 Å². The number of nitrogens with zero attached hydrogens (tertiary/aromatic N) is 1. The van der Waals surface area contributed by atoms with Crippen molar-refractivity contribution in [1.82, 2.24) is 10.9 Å². The third-order valence-corrected chi connectivity index (χ3v) is 1.08. The van der Waals surface area contributed by atoms with E-state index >= 15 is 0 Å². The lowest BCUT2D eigenvalue weighted by atomic mass is 10.3. The molecule has 0 saturated heterocycles. The fraction of sp³-hybridized carbons (Fsp3) is 0.500. The van der Waals surface area contributed by atoms with Gasteiger partial charge in [-0.3, -0.25) is 0 Å². The molecule has 0 unspecified atom stereocenters. The van der Waals surface area contributed by atoms with Crippen LogP contribution in [0.2, 0.25) is 0 Å². The van der Waals surface area contributed by atoms with E-state index in [4.69, 9.17) is 11.6 Å². The fourth-order valence-electron chi connectivity index (χ4n) is 0.628. The zero-order valence-electron chi connectivity index (χ0n) is 6.89. The van der Waals surface area contributed by atoms with Gasteiger partial charge in [0, 0.05) is 7.05 Å². The van der Waals surface area contributed by atoms with Crippen molar-refractivity contribution in [1.29, 1.82) is 0 Å². The average molecular weight is 157 g/mol. The van der Waals surface area contributed by atoms with Gasteiger partial charge in [-0.15, -0.1) is 0 Å². The molecule has 0 aromatic carbocycles. The van der Waals surface area contributed by atoms with Crippen LogP contribution in [0.15, 0.2) is 16.9 Å². The molecule has 0 bridgehead atoms. The largest absolute Gasteiger partial charge is 0.381 e. The van der Waals surface area contributed by atoms with Gasteiger partial charge < -0.3 is 17.0 Å². The van der Waals surface area contributed by atoms with Gasteiger partial charge >= 0.3 is 0 Å². The predicted octanol–water partition coefficient (Wildman–Crippen LogP) is -0.765. The van der Waals surface area contributed by atoms with Gasteiger partial charge in [-0.1, -0.05) is 13.0 Å². The van der Waals surface area contributed by atoms with E-state index < -0.39 is 0 Å². The quantitative estimate of drug-likeness (QED) is 0.187. The monoisotopic (exact) mass is 157 g/mol. The molecule has 5 nitrogen and oxygen atoms in total. The second kappa shape index (κ2) is 5.55. The lowest BCUT2D eigenvalue weighted by molar-refractivity contribution is 0.706. The molecular weight excluding hydrogens is 142 g/mol. The molecule has 0 amide bonds. The smallest absolute Gasteiger partial charge is 0.167 e. The van der Waals surface area contributed by atoms with Crippen molar-refractivity contribution >= 4 is 5.84 Å². The van der Waals surface area contributed by atoms with Crippen LogP contribution in [-0.2, 0) is 0 Å². The highest BCUT2D eigenvalue weighted by molar-refractivity contribution is 5.95. The molecule has 6 N–H and O–H groups in total. The van der Waals surface area contributed by atoms with E-state index in [-0.39, 0.29) is 0 Å². The number of hydrogen-bond acceptors (Lipinski definition) is 4. The molecule has 0 aliphatic heterocycles. The van der Waals surface area contributed by atoms with Crippen LogP contribution in [0.1, 0.15) is 13.3 Å². The van der Waals surface area contributed by atoms with Crippen LogP contribution >= 0.6 is 0 Å². The van der Waals surface area contributed by atoms with Crippen LogP contribution < -0.4 is 22.4 Å². The third-order valence-electron chi connectivity index (χ3n) is 1.08. The van der Waals surface area contributed by atoms with E-state index in [0.29, 0.717) is 11.5 Å². The summed E-state index contributed by atoms with van der Waals surface area (Å²) in [6, 6.07) is 0. The Hall–Kier alpha value is -1.23. The maximum atomic E-state index is 5.44. The Morgan fingerprint density at radius 3 is 2.64 bits per heavy atom. The number of hydrogen-bond donors (Lipinski definition) is 4. The number of allylic oxidation sites excluding steroid dienone is 1. The van der Waals surface area contributed by atoms with E-state index in [2.05, 4.69) is 16.0 Å². The molecule has 0 atom stereocenters. The summed E-state index contributed by atoms with van der Waals surface area (Å²) in [4.78, 5) is 0. The van der Waals surface area contributed by atoms with Crippen LogP contribution in [0, 0.1) is 0 Å². The summed E-state index contributed by atoms with van der Waals surface area (Å²) in [7, 11) is 1.74. The molecule has 0 fully saturated rings. The topological polar surface area (TPSA) is 88.5 Å². The standard InChI is InChI=1S/C6H15N5/c1-3-4-5(11-9-2)6(7)10-8/h4,9,11H,3,8H2,1-2H3,(H2,7,10)/b5-4+. The Morgan fingerprint density at radius 1 is 1.64 bits per heavy atom. The Balaban J connectivity index is 4.22. The summed E-state index contributed by atoms with van der Waals surface area (Å²) in [6.07, 6.45) is 2.77. The number of amidine groups is 1. The van der Waals surface area contributed by atoms with Crippen molar-refractivity contribution in [3.05, 3.63) is 11.8 Å². The van der Waals surface area contributed by atoms with Crippen molar-refractivity contribution in [2.75, 3.05) is 7.05 Å². The summed E-state index contributed by atoms with van der Waals surface area (Å²) < 4.78 is 0. The van der Waals surface area contributed by atoms with Gasteiger partial charge in [0.25, 0.3) is 0 Å². The van der Waals surface area contributed by atoms with Gasteiger partial charge in [0.2, 0.25) is 0 Å². The first kappa shape index (κ1) is 9.77. The molecule has 0 aromatic rings. The van der Waals surface area contributed by atoms with Crippen molar-refractivity contribution in [2.45, 2.75) is 13.3 Å². The van der Waals surface area contributed by atoms with Crippen LogP contribution in [0.3, 0.4) is 0 Å². The van der Waals surface area contributed by atoms with Crippen LogP contribution in [0.4, 0.5) is 0 Å². The lowest BCUT2D eigenvalue weighted by Gasteiger charge is -2.07. The van der Waals surface area contributed by atoms with Gasteiger partial charge in [-0.25, -0.2) is 5.43 Å². The second-order valence-corrected chi connectivity index (χ2v) is 1.92. The number of hydrazone groups is 1. The molecule has 0 aromatic heterocycles. The summed E-state index contributed by atoms with van der Waals surface area (Å²) in [6.45, 7) is 2.00. The number of nitrogens with two attached hydrogens (primary N) is 2. The zero-order valence-corrected chi connectivity index (χ0v) is 6.89. The third kappa shape index (κ3) is 3.47. The van der Waals surface area contributed by atoms with E-state index in [0.717, 1.165) is 6.42 Å². The summed E-state index contributed by atoms with van der Waals surface area (Å²) in [5.41, 5.74) is 11.7. The van der Waals surface area contributed by atoms with Crippen LogP contribution in [-0.4, -0.2) is 12.9 Å². The van der Waals surface area contributed by atoms with E-state index in [1.165, 1.54) is 0 Å². The second-order valence-electron chi connectivity index (χ2n) is 1.92.